The quantitative estimate of drug-likeness (QED) is 0.258. The minimum absolute atomic E-state index is 0.212. The third-order valence-electron chi connectivity index (χ3n) is 4.69. The molecule has 176 valence electrons. The Morgan fingerprint density at radius 1 is 0.733 bits per heavy atom. The first kappa shape index (κ1) is 28.2. The zero-order valence-corrected chi connectivity index (χ0v) is 19.8. The van der Waals surface area contributed by atoms with Crippen molar-refractivity contribution in [3.63, 3.8) is 0 Å². The predicted molar refractivity (Wildman–Crippen MR) is 119 cm³/mol. The number of unbranched alkanes of at least 4 members (excludes halogenated alkanes) is 5. The average Bonchev–Trinajstić information content (AvgIpc) is 2.71. The van der Waals surface area contributed by atoms with Gasteiger partial charge in [0.25, 0.3) is 0 Å². The highest BCUT2D eigenvalue weighted by molar-refractivity contribution is 5.89. The minimum atomic E-state index is -0.730. The zero-order chi connectivity index (χ0) is 22.8. The SMILES string of the molecule is CCCCCCOC(=O)C(CCCC)NC(=O)C(CCCC)NC(=O)OCC(C)C. The molecule has 0 aromatic carbocycles. The van der Waals surface area contributed by atoms with Crippen LogP contribution in [0.15, 0.2) is 0 Å². The van der Waals surface area contributed by atoms with Crippen LogP contribution in [0.25, 0.3) is 0 Å². The summed E-state index contributed by atoms with van der Waals surface area (Å²) in [5.41, 5.74) is 0. The Labute approximate surface area is 183 Å². The summed E-state index contributed by atoms with van der Waals surface area (Å²) in [5.74, 6) is -0.553. The maximum absolute atomic E-state index is 12.8. The Hall–Kier alpha value is -1.79. The predicted octanol–water partition coefficient (Wildman–Crippen LogP) is 4.73. The van der Waals surface area contributed by atoms with Gasteiger partial charge in [0.2, 0.25) is 5.91 Å². The Kier molecular flexibility index (Phi) is 16.9. The fourth-order valence-corrected chi connectivity index (χ4v) is 2.84. The molecule has 0 aliphatic heterocycles. The van der Waals surface area contributed by atoms with Gasteiger partial charge in [0.15, 0.2) is 0 Å². The second-order valence-electron chi connectivity index (χ2n) is 8.26. The highest BCUT2D eigenvalue weighted by Gasteiger charge is 2.27. The van der Waals surface area contributed by atoms with Gasteiger partial charge in [-0.3, -0.25) is 4.79 Å². The van der Waals surface area contributed by atoms with Crippen molar-refractivity contribution in [1.29, 1.82) is 0 Å². The first-order chi connectivity index (χ1) is 14.3. The van der Waals surface area contributed by atoms with Crippen LogP contribution >= 0.6 is 0 Å². The minimum Gasteiger partial charge on any atom is -0.464 e. The Balaban J connectivity index is 4.86. The number of rotatable bonds is 17. The molecular weight excluding hydrogens is 384 g/mol. The standard InChI is InChI=1S/C23H44N2O5/c1-6-9-12-13-16-29-22(27)20(15-11-8-3)24-21(26)19(14-10-7-2)25-23(28)30-17-18(4)5/h18-20H,6-17H2,1-5H3,(H,24,26)(H,25,28). The van der Waals surface area contributed by atoms with Gasteiger partial charge in [-0.15, -0.1) is 0 Å². The van der Waals surface area contributed by atoms with Crippen LogP contribution in [-0.2, 0) is 19.1 Å². The van der Waals surface area contributed by atoms with E-state index in [-0.39, 0.29) is 18.4 Å². The summed E-state index contributed by atoms with van der Waals surface area (Å²) in [6.45, 7) is 10.7. The van der Waals surface area contributed by atoms with Crippen molar-refractivity contribution < 1.29 is 23.9 Å². The number of alkyl carbamates (subject to hydrolysis) is 1. The van der Waals surface area contributed by atoms with Crippen LogP contribution < -0.4 is 10.6 Å². The molecule has 2 unspecified atom stereocenters. The van der Waals surface area contributed by atoms with E-state index in [9.17, 15) is 14.4 Å². The van der Waals surface area contributed by atoms with Crippen molar-refractivity contribution >= 4 is 18.0 Å². The molecule has 30 heavy (non-hydrogen) atoms. The fraction of sp³-hybridized carbons (Fsp3) is 0.870. The molecule has 0 saturated carbocycles. The number of ether oxygens (including phenoxy) is 2. The maximum atomic E-state index is 12.8. The lowest BCUT2D eigenvalue weighted by Gasteiger charge is -2.22. The van der Waals surface area contributed by atoms with E-state index in [4.69, 9.17) is 9.47 Å². The molecule has 0 aliphatic rings. The monoisotopic (exact) mass is 428 g/mol. The van der Waals surface area contributed by atoms with E-state index >= 15 is 0 Å². The largest absolute Gasteiger partial charge is 0.464 e. The van der Waals surface area contributed by atoms with E-state index in [0.29, 0.717) is 19.4 Å². The molecule has 0 rings (SSSR count). The van der Waals surface area contributed by atoms with Crippen molar-refractivity contribution in [2.45, 2.75) is 111 Å². The van der Waals surface area contributed by atoms with E-state index in [1.807, 2.05) is 27.7 Å². The molecule has 2 N–H and O–H groups in total. The number of esters is 1. The van der Waals surface area contributed by atoms with E-state index in [0.717, 1.165) is 51.4 Å². The summed E-state index contributed by atoms with van der Waals surface area (Å²) in [7, 11) is 0. The molecule has 7 nitrogen and oxygen atoms in total. The summed E-state index contributed by atoms with van der Waals surface area (Å²) in [6.07, 6.45) is 7.89. The topological polar surface area (TPSA) is 93.7 Å². The van der Waals surface area contributed by atoms with Crippen molar-refractivity contribution in [2.24, 2.45) is 5.92 Å². The lowest BCUT2D eigenvalue weighted by Crippen LogP contribution is -2.52. The Morgan fingerprint density at radius 2 is 1.33 bits per heavy atom. The summed E-state index contributed by atoms with van der Waals surface area (Å²) in [6, 6.07) is -1.42. The van der Waals surface area contributed by atoms with Gasteiger partial charge < -0.3 is 20.1 Å². The van der Waals surface area contributed by atoms with Crippen LogP contribution in [0.2, 0.25) is 0 Å². The Bertz CT molecular complexity index is 482. The summed E-state index contributed by atoms with van der Waals surface area (Å²) in [4.78, 5) is 37.4. The molecule has 2 amide bonds. The van der Waals surface area contributed by atoms with Crippen LogP contribution in [0.4, 0.5) is 4.79 Å². The third kappa shape index (κ3) is 14.2. The fourth-order valence-electron chi connectivity index (χ4n) is 2.84. The first-order valence-electron chi connectivity index (χ1n) is 11.8. The number of nitrogens with one attached hydrogen (secondary N) is 2. The number of carbonyl (C=O) groups excluding carboxylic acids is 3. The molecule has 0 aliphatic carbocycles. The molecule has 0 fully saturated rings. The maximum Gasteiger partial charge on any atom is 0.407 e. The number of hydrogen-bond donors (Lipinski definition) is 2. The Morgan fingerprint density at radius 3 is 1.90 bits per heavy atom. The number of hydrogen-bond acceptors (Lipinski definition) is 5. The first-order valence-corrected chi connectivity index (χ1v) is 11.8. The van der Waals surface area contributed by atoms with Gasteiger partial charge in [-0.1, -0.05) is 79.6 Å². The van der Waals surface area contributed by atoms with Gasteiger partial charge in [0.05, 0.1) is 13.2 Å². The van der Waals surface area contributed by atoms with Crippen LogP contribution in [0, 0.1) is 5.92 Å². The summed E-state index contributed by atoms with van der Waals surface area (Å²) >= 11 is 0. The molecule has 7 heteroatoms. The highest BCUT2D eigenvalue weighted by atomic mass is 16.5. The van der Waals surface area contributed by atoms with Crippen molar-refractivity contribution in [2.75, 3.05) is 13.2 Å². The van der Waals surface area contributed by atoms with Crippen molar-refractivity contribution in [1.82, 2.24) is 10.6 Å². The van der Waals surface area contributed by atoms with Crippen LogP contribution in [0.5, 0.6) is 0 Å². The molecule has 0 bridgehead atoms. The number of amides is 2. The third-order valence-corrected chi connectivity index (χ3v) is 4.69. The lowest BCUT2D eigenvalue weighted by molar-refractivity contribution is -0.148. The highest BCUT2D eigenvalue weighted by Crippen LogP contribution is 2.08. The van der Waals surface area contributed by atoms with Gasteiger partial charge in [-0.25, -0.2) is 9.59 Å². The zero-order valence-electron chi connectivity index (χ0n) is 19.8. The van der Waals surface area contributed by atoms with Crippen molar-refractivity contribution in [3.8, 4) is 0 Å². The van der Waals surface area contributed by atoms with Crippen LogP contribution in [-0.4, -0.2) is 43.3 Å². The average molecular weight is 429 g/mol. The molecule has 0 aromatic heterocycles. The van der Waals surface area contributed by atoms with Crippen LogP contribution in [0.3, 0.4) is 0 Å². The molecule has 0 radical (unpaired) electrons. The van der Waals surface area contributed by atoms with Crippen LogP contribution in [0.1, 0.15) is 98.8 Å². The van der Waals surface area contributed by atoms with Gasteiger partial charge in [0, 0.05) is 0 Å². The van der Waals surface area contributed by atoms with Crippen molar-refractivity contribution in [3.05, 3.63) is 0 Å². The molecule has 0 aromatic rings. The van der Waals surface area contributed by atoms with Gasteiger partial charge in [-0.05, 0) is 25.2 Å². The molecule has 0 saturated heterocycles. The summed E-state index contributed by atoms with van der Waals surface area (Å²) in [5, 5.41) is 5.45. The molecule has 0 spiro atoms. The molecule has 2 atom stereocenters. The summed E-state index contributed by atoms with van der Waals surface area (Å²) < 4.78 is 10.5. The number of carbonyl (C=O) groups is 3. The van der Waals surface area contributed by atoms with Gasteiger partial charge >= 0.3 is 12.1 Å². The second-order valence-corrected chi connectivity index (χ2v) is 8.26. The van der Waals surface area contributed by atoms with E-state index in [1.165, 1.54) is 0 Å². The van der Waals surface area contributed by atoms with E-state index in [1.54, 1.807) is 0 Å². The molecule has 0 heterocycles. The molecular formula is C23H44N2O5. The lowest BCUT2D eigenvalue weighted by atomic mass is 10.1. The van der Waals surface area contributed by atoms with E-state index in [2.05, 4.69) is 17.6 Å². The normalized spacial score (nSPS) is 12.9. The van der Waals surface area contributed by atoms with Gasteiger partial charge in [0.1, 0.15) is 12.1 Å². The van der Waals surface area contributed by atoms with Gasteiger partial charge in [-0.2, -0.15) is 0 Å². The second kappa shape index (κ2) is 18.0. The smallest absolute Gasteiger partial charge is 0.407 e. The van der Waals surface area contributed by atoms with E-state index < -0.39 is 24.1 Å².